The molecule has 0 aromatic carbocycles. The summed E-state index contributed by atoms with van der Waals surface area (Å²) in [5.41, 5.74) is 4.89. The summed E-state index contributed by atoms with van der Waals surface area (Å²) in [6.07, 6.45) is -2.54. The number of hydrogen-bond donors (Lipinski definition) is 12. The van der Waals surface area contributed by atoms with E-state index in [1.54, 1.807) is 0 Å². The predicted molar refractivity (Wildman–Crippen MR) is 231 cm³/mol. The zero-order valence-electron chi connectivity index (χ0n) is 33.0. The number of carbonyl (C=O) groups is 6. The van der Waals surface area contributed by atoms with E-state index in [9.17, 15) is 62.2 Å². The highest BCUT2D eigenvalue weighted by Crippen LogP contribution is 2.66. The van der Waals surface area contributed by atoms with Gasteiger partial charge in [0.15, 0.2) is 0 Å². The molecule has 13 N–H and O–H groups in total. The van der Waals surface area contributed by atoms with Gasteiger partial charge in [0.1, 0.15) is 30.2 Å². The number of phosphoric ester groups is 1. The number of amides is 4. The zero-order valence-corrected chi connectivity index (χ0v) is 39.5. The van der Waals surface area contributed by atoms with E-state index in [1.165, 1.54) is 44.2 Å². The molecule has 1 saturated heterocycles. The minimum atomic E-state index is -5.79. The van der Waals surface area contributed by atoms with Crippen LogP contribution in [0.25, 0.3) is 0 Å². The topological polar surface area (TPSA) is 441 Å². The van der Waals surface area contributed by atoms with Crippen molar-refractivity contribution in [3.8, 4) is 11.8 Å². The first kappa shape index (κ1) is 56.9. The van der Waals surface area contributed by atoms with Crippen molar-refractivity contribution >= 4 is 107 Å². The number of aromatic nitrogens is 2. The number of carboxylic acid groups (broad SMARTS) is 2. The Bertz CT molecular complexity index is 2110. The van der Waals surface area contributed by atoms with Gasteiger partial charge in [-0.2, -0.15) is 13.6 Å². The highest BCUT2D eigenvalue weighted by Gasteiger charge is 2.43. The molecule has 7 atom stereocenters. The van der Waals surface area contributed by atoms with E-state index in [0.717, 1.165) is 10.8 Å². The molecule has 0 bridgehead atoms. The minimum absolute atomic E-state index is 0.00457. The van der Waals surface area contributed by atoms with Crippen LogP contribution in [0.4, 0.5) is 10.6 Å². The molecule has 34 heteroatoms. The van der Waals surface area contributed by atoms with E-state index >= 15 is 0 Å². The molecule has 1 aliphatic rings. The molecule has 0 aliphatic carbocycles. The number of nitrogens with one attached hydrogen (secondary N) is 4. The quantitative estimate of drug-likeness (QED) is 0.00973. The second kappa shape index (κ2) is 27.5. The van der Waals surface area contributed by atoms with Gasteiger partial charge in [0.05, 0.1) is 24.8 Å². The summed E-state index contributed by atoms with van der Waals surface area (Å²) in [6, 6.07) is -2.21. The van der Waals surface area contributed by atoms with Gasteiger partial charge in [-0.05, 0) is 19.3 Å². The number of carbonyl (C=O) groups excluding carboxylic acids is 4. The van der Waals surface area contributed by atoms with Gasteiger partial charge in [-0.3, -0.25) is 33.1 Å². The maximum absolute atomic E-state index is 12.7. The van der Waals surface area contributed by atoms with Gasteiger partial charge < -0.3 is 66.6 Å². The molecule has 1 aliphatic heterocycles. The highest BCUT2D eigenvalue weighted by atomic mass is 127. The number of nitrogens with zero attached hydrogens (tertiary/aromatic N) is 2. The predicted octanol–water partition coefficient (Wildman–Crippen LogP) is -0.320. The molecule has 5 unspecified atom stereocenters. The fourth-order valence-corrected chi connectivity index (χ4v) is 10.6. The van der Waals surface area contributed by atoms with Gasteiger partial charge >= 0.3 is 41.1 Å². The average Bonchev–Trinajstić information content (AvgIpc) is 3.53. The molecule has 4 amide bonds. The fraction of sp³-hybridized carbons (Fsp3) is 0.600. The van der Waals surface area contributed by atoms with E-state index in [2.05, 4.69) is 51.2 Å². The van der Waals surface area contributed by atoms with Crippen LogP contribution in [0.3, 0.4) is 0 Å². The van der Waals surface area contributed by atoms with E-state index in [0.29, 0.717) is 25.0 Å². The number of unbranched alkanes of at least 4 members (excludes halogenated alkanes) is 2. The first-order valence-corrected chi connectivity index (χ1v) is 26.3. The highest BCUT2D eigenvalue weighted by molar-refractivity contribution is 14.1. The zero-order chi connectivity index (χ0) is 48.3. The van der Waals surface area contributed by atoms with Gasteiger partial charge in [-0.15, -0.1) is 0 Å². The molecule has 2 heterocycles. The third-order valence-electron chi connectivity index (χ3n) is 7.91. The summed E-state index contributed by atoms with van der Waals surface area (Å²) < 4.78 is 52.0. The van der Waals surface area contributed by atoms with Crippen LogP contribution in [0.15, 0.2) is 11.0 Å². The second-order valence-corrected chi connectivity index (χ2v) is 21.0. The lowest BCUT2D eigenvalue weighted by Crippen LogP contribution is -2.46. The number of anilines is 1. The van der Waals surface area contributed by atoms with Crippen LogP contribution in [0, 0.1) is 11.8 Å². The normalized spacial score (nSPS) is 18.8. The Morgan fingerprint density at radius 2 is 1.66 bits per heavy atom. The summed E-state index contributed by atoms with van der Waals surface area (Å²) in [7, 11) is -14.4. The number of nitrogen functional groups attached to an aromatic ring is 1. The molecular weight excluding hydrogens is 1080 g/mol. The number of halogens is 1. The van der Waals surface area contributed by atoms with Crippen LogP contribution in [0.2, 0.25) is 0 Å². The monoisotopic (exact) mass is 1120 g/mol. The van der Waals surface area contributed by atoms with Crippen molar-refractivity contribution in [2.75, 3.05) is 36.9 Å². The van der Waals surface area contributed by atoms with Crippen molar-refractivity contribution in [2.45, 2.75) is 81.9 Å². The molecular formula is C30H45IN7O21P3S2. The van der Waals surface area contributed by atoms with Crippen LogP contribution < -0.4 is 32.7 Å². The number of ether oxygens (including phenoxy) is 1. The number of aliphatic hydroxyl groups excluding tert-OH is 1. The molecule has 0 spiro atoms. The van der Waals surface area contributed by atoms with Gasteiger partial charge in [0.25, 0.3) is 3.91 Å². The molecule has 0 saturated carbocycles. The Balaban J connectivity index is 1.76. The Hall–Kier alpha value is -3.18. The lowest BCUT2D eigenvalue weighted by molar-refractivity contribution is -0.143. The van der Waals surface area contributed by atoms with Crippen molar-refractivity contribution in [1.29, 1.82) is 0 Å². The molecule has 1 aromatic rings. The molecule has 2 rings (SSSR count). The first-order valence-electron chi connectivity index (χ1n) is 18.3. The van der Waals surface area contributed by atoms with Crippen LogP contribution >= 0.6 is 67.6 Å². The van der Waals surface area contributed by atoms with Crippen molar-refractivity contribution in [2.24, 2.45) is 0 Å². The van der Waals surface area contributed by atoms with E-state index < -0.39 is 100 Å². The van der Waals surface area contributed by atoms with Crippen molar-refractivity contribution in [1.82, 2.24) is 30.8 Å². The number of carboxylic acids is 2. The van der Waals surface area contributed by atoms with E-state index in [4.69, 9.17) is 30.5 Å². The molecule has 0 radical (unpaired) electrons. The lowest BCUT2D eigenvalue weighted by atomic mass is 10.1. The Morgan fingerprint density at radius 3 is 2.30 bits per heavy atom. The maximum atomic E-state index is 12.7. The smallest absolute Gasteiger partial charge is 0.481 e. The van der Waals surface area contributed by atoms with Crippen molar-refractivity contribution in [3.05, 3.63) is 22.2 Å². The molecule has 1 fully saturated rings. The SMILES string of the molecule is Nc1nc(=O)n([C@H]2CC(O)[C@@H](COP(=O)(O)OP(=O)(O)OP(=O)(O)O)O2)cc1C#CCNC(=O)CCSSCC(NC(=O)I)C(=O)NCCCCCC(=O)NC(CCC(=O)O)C(=O)O. The molecule has 28 nitrogen and oxygen atoms in total. The van der Waals surface area contributed by atoms with Crippen molar-refractivity contribution in [3.63, 3.8) is 0 Å². The third-order valence-corrected chi connectivity index (χ3v) is 14.4. The standard InChI is InChI=1S/C30H45IN7O21P3S2/c31-29(47)36-19(27(44)34-10-3-1-2-6-23(41)35-18(28(45)46)7-8-25(42)43)16-64-63-12-9-22(40)33-11-4-5-17-14-38(30(48)37-26(17)32)24-13-20(39)21(57-24)15-56-61(52,53)59-62(54,55)58-60(49,50)51/h14,18-21,24,39H,1-3,6-13,15-16H2,(H,33,40)(H,34,44)(H,35,41)(H,36,47)(H,42,43)(H,45,46)(H,52,53)(H,54,55)(H2,32,37,48)(H2,49,50,51)/t18?,19?,20?,21-,24-/m1/s1. The van der Waals surface area contributed by atoms with Crippen LogP contribution in [0.5, 0.6) is 0 Å². The number of aliphatic carboxylic acids is 2. The Labute approximate surface area is 384 Å². The first-order chi connectivity index (χ1) is 29.8. The summed E-state index contributed by atoms with van der Waals surface area (Å²) in [5, 5.41) is 38.4. The third kappa shape index (κ3) is 23.3. The van der Waals surface area contributed by atoms with E-state index in [-0.39, 0.29) is 61.8 Å². The largest absolute Gasteiger partial charge is 0.490 e. The number of nitrogens with two attached hydrogens (primary N) is 1. The number of aliphatic hydroxyl groups is 1. The number of rotatable bonds is 28. The number of phosphoric acid groups is 3. The Kier molecular flexibility index (Phi) is 24.4. The maximum Gasteiger partial charge on any atom is 0.490 e. The molecule has 1 aromatic heterocycles. The van der Waals surface area contributed by atoms with Gasteiger partial charge in [0, 0.05) is 72.5 Å². The minimum Gasteiger partial charge on any atom is -0.481 e. The summed E-state index contributed by atoms with van der Waals surface area (Å²) in [5.74, 6) is 1.56. The fourth-order valence-electron chi connectivity index (χ4n) is 5.00. The van der Waals surface area contributed by atoms with Gasteiger partial charge in [-0.25, -0.2) is 23.3 Å². The van der Waals surface area contributed by atoms with E-state index in [1.807, 2.05) is 0 Å². The molecule has 64 heavy (non-hydrogen) atoms. The lowest BCUT2D eigenvalue weighted by Gasteiger charge is -2.19. The average molecular weight is 1120 g/mol. The number of hydrogen-bond acceptors (Lipinski definition) is 19. The summed E-state index contributed by atoms with van der Waals surface area (Å²) in [6.45, 7) is -0.906. The Morgan fingerprint density at radius 1 is 0.953 bits per heavy atom. The van der Waals surface area contributed by atoms with Crippen LogP contribution in [0.1, 0.15) is 63.2 Å². The van der Waals surface area contributed by atoms with Crippen LogP contribution in [-0.4, -0.2) is 134 Å². The van der Waals surface area contributed by atoms with Crippen LogP contribution in [-0.2, 0) is 55.5 Å². The second-order valence-electron chi connectivity index (χ2n) is 12.9. The van der Waals surface area contributed by atoms with Crippen molar-refractivity contribution < 1.29 is 95.2 Å². The summed E-state index contributed by atoms with van der Waals surface area (Å²) in [4.78, 5) is 123. The van der Waals surface area contributed by atoms with Gasteiger partial charge in [0.2, 0.25) is 17.7 Å². The summed E-state index contributed by atoms with van der Waals surface area (Å²) >= 11 is 1.49. The van der Waals surface area contributed by atoms with Gasteiger partial charge in [-0.1, -0.05) is 39.8 Å². The molecule has 360 valence electrons.